The summed E-state index contributed by atoms with van der Waals surface area (Å²) >= 11 is 6.43. The fraction of sp³-hybridized carbons (Fsp3) is 0.467. The number of anilines is 1. The molecule has 5 rings (SSSR count). The van der Waals surface area contributed by atoms with Crippen LogP contribution >= 0.6 is 11.6 Å². The standard InChI is InChI=1S/C30H34ClFN4O6/c1-35-26-6-4-3-5-22(26)28(34-35)29(38)33-25-14-24(32)18(11-23(25)31)12-27(37)36-15-21(13-19(36)16-41-2)42-20-9-7-17(8-10-20)30(39)40/h3-6,11,14,17,19-21H,7-10,12-13,15-16H2,1-2H3,(H,33,38)(H,39,40)/t17-,19-,20-,21+/m0/s1. The SMILES string of the molecule is COC[C@@H]1C[C@@H](O[C@H]2CC[C@H](C(=O)O)CC2)CN1C(=O)Cc1cc(Cl)c(NC(=O)c2nn(C)c3ccccc23)cc1F. The summed E-state index contributed by atoms with van der Waals surface area (Å²) in [5, 5.41) is 16.9. The number of para-hydroxylation sites is 1. The van der Waals surface area contributed by atoms with E-state index >= 15 is 4.39 Å². The second-order valence-electron chi connectivity index (χ2n) is 11.0. The van der Waals surface area contributed by atoms with Crippen LogP contribution in [0, 0.1) is 11.7 Å². The minimum absolute atomic E-state index is 0.0491. The molecule has 3 aromatic rings. The minimum Gasteiger partial charge on any atom is -0.481 e. The smallest absolute Gasteiger partial charge is 0.306 e. The molecule has 1 saturated carbocycles. The predicted molar refractivity (Wildman–Crippen MR) is 154 cm³/mol. The molecule has 2 heterocycles. The number of carboxylic acid groups (broad SMARTS) is 1. The Kier molecular flexibility index (Phi) is 9.10. The Morgan fingerprint density at radius 3 is 2.60 bits per heavy atom. The summed E-state index contributed by atoms with van der Waals surface area (Å²) in [5.74, 6) is -2.58. The quantitative estimate of drug-likeness (QED) is 0.372. The number of aliphatic carboxylic acids is 1. The van der Waals surface area contributed by atoms with E-state index < -0.39 is 17.7 Å². The summed E-state index contributed by atoms with van der Waals surface area (Å²) in [7, 11) is 3.29. The molecule has 2 atom stereocenters. The van der Waals surface area contributed by atoms with Gasteiger partial charge in [0, 0.05) is 26.1 Å². The normalized spacial score (nSPS) is 22.4. The summed E-state index contributed by atoms with van der Waals surface area (Å²) in [5.41, 5.74) is 1.16. The number of fused-ring (bicyclic) bond motifs is 1. The molecule has 0 spiro atoms. The molecule has 1 saturated heterocycles. The van der Waals surface area contributed by atoms with Gasteiger partial charge in [0.15, 0.2) is 5.69 Å². The maximum absolute atomic E-state index is 15.2. The third kappa shape index (κ3) is 6.43. The summed E-state index contributed by atoms with van der Waals surface area (Å²) in [6, 6.07) is 9.52. The monoisotopic (exact) mass is 600 g/mol. The first kappa shape index (κ1) is 29.9. The number of halogens is 2. The Hall–Kier alpha value is -3.54. The number of hydrogen-bond acceptors (Lipinski definition) is 6. The number of nitrogens with one attached hydrogen (secondary N) is 1. The number of nitrogens with zero attached hydrogens (tertiary/aromatic N) is 3. The zero-order valence-corrected chi connectivity index (χ0v) is 24.3. The van der Waals surface area contributed by atoms with Gasteiger partial charge in [0.25, 0.3) is 5.91 Å². The number of rotatable bonds is 9. The molecule has 2 aromatic carbocycles. The first-order valence-electron chi connectivity index (χ1n) is 14.0. The second-order valence-corrected chi connectivity index (χ2v) is 11.4. The van der Waals surface area contributed by atoms with Crippen LogP contribution in [-0.4, -0.2) is 76.1 Å². The van der Waals surface area contributed by atoms with Gasteiger partial charge in [-0.05, 0) is 55.9 Å². The van der Waals surface area contributed by atoms with Gasteiger partial charge in [0.05, 0.1) is 53.4 Å². The third-order valence-electron chi connectivity index (χ3n) is 8.16. The molecule has 1 aliphatic carbocycles. The summed E-state index contributed by atoms with van der Waals surface area (Å²) in [4.78, 5) is 39.2. The average molecular weight is 601 g/mol. The maximum atomic E-state index is 15.2. The van der Waals surface area contributed by atoms with Gasteiger partial charge in [-0.2, -0.15) is 5.10 Å². The molecule has 1 aromatic heterocycles. The minimum atomic E-state index is -0.768. The summed E-state index contributed by atoms with van der Waals surface area (Å²) in [6.45, 7) is 0.654. The van der Waals surface area contributed by atoms with E-state index in [0.29, 0.717) is 50.6 Å². The van der Waals surface area contributed by atoms with E-state index in [0.717, 1.165) is 11.6 Å². The molecule has 224 valence electrons. The molecule has 12 heteroatoms. The molecule has 1 aliphatic heterocycles. The zero-order chi connectivity index (χ0) is 30.0. The molecule has 42 heavy (non-hydrogen) atoms. The largest absolute Gasteiger partial charge is 0.481 e. The van der Waals surface area contributed by atoms with Gasteiger partial charge < -0.3 is 24.8 Å². The van der Waals surface area contributed by atoms with Gasteiger partial charge in [0.2, 0.25) is 5.91 Å². The van der Waals surface area contributed by atoms with Crippen molar-refractivity contribution in [3.05, 3.63) is 58.5 Å². The number of likely N-dealkylation sites (tertiary alicyclic amines) is 1. The van der Waals surface area contributed by atoms with Gasteiger partial charge in [-0.3, -0.25) is 19.1 Å². The molecule has 2 aliphatic rings. The molecule has 0 radical (unpaired) electrons. The maximum Gasteiger partial charge on any atom is 0.306 e. The number of carbonyl (C=O) groups is 3. The molecule has 2 N–H and O–H groups in total. The van der Waals surface area contributed by atoms with Crippen molar-refractivity contribution in [1.82, 2.24) is 14.7 Å². The van der Waals surface area contributed by atoms with Crippen LogP contribution in [0.3, 0.4) is 0 Å². The van der Waals surface area contributed by atoms with E-state index in [4.69, 9.17) is 21.1 Å². The third-order valence-corrected chi connectivity index (χ3v) is 8.48. The van der Waals surface area contributed by atoms with Crippen molar-refractivity contribution < 1.29 is 33.4 Å². The molecular weight excluding hydrogens is 567 g/mol. The van der Waals surface area contributed by atoms with Crippen LogP contribution in [0.1, 0.15) is 48.2 Å². The highest BCUT2D eigenvalue weighted by molar-refractivity contribution is 6.34. The zero-order valence-electron chi connectivity index (χ0n) is 23.5. The van der Waals surface area contributed by atoms with Crippen molar-refractivity contribution in [3.8, 4) is 0 Å². The van der Waals surface area contributed by atoms with E-state index in [-0.39, 0.29) is 58.5 Å². The van der Waals surface area contributed by atoms with Crippen LogP contribution in [0.15, 0.2) is 36.4 Å². The van der Waals surface area contributed by atoms with Gasteiger partial charge in [-0.1, -0.05) is 29.8 Å². The first-order chi connectivity index (χ1) is 20.1. The van der Waals surface area contributed by atoms with E-state index in [1.165, 1.54) is 6.07 Å². The van der Waals surface area contributed by atoms with Crippen molar-refractivity contribution in [2.45, 2.75) is 56.8 Å². The number of aromatic nitrogens is 2. The Labute approximate surface area is 247 Å². The highest BCUT2D eigenvalue weighted by atomic mass is 35.5. The number of amides is 2. The Morgan fingerprint density at radius 1 is 1.14 bits per heavy atom. The van der Waals surface area contributed by atoms with Crippen molar-refractivity contribution in [1.29, 1.82) is 0 Å². The van der Waals surface area contributed by atoms with E-state index in [1.54, 1.807) is 35.9 Å². The first-order valence-corrected chi connectivity index (χ1v) is 14.4. The van der Waals surface area contributed by atoms with Crippen LogP contribution in [0.5, 0.6) is 0 Å². The van der Waals surface area contributed by atoms with E-state index in [2.05, 4.69) is 10.4 Å². The lowest BCUT2D eigenvalue weighted by Gasteiger charge is -2.28. The number of methoxy groups -OCH3 is 1. The van der Waals surface area contributed by atoms with Crippen molar-refractivity contribution >= 4 is 46.0 Å². The van der Waals surface area contributed by atoms with Crippen LogP contribution < -0.4 is 5.32 Å². The Balaban J connectivity index is 1.23. The lowest BCUT2D eigenvalue weighted by atomic mass is 9.87. The van der Waals surface area contributed by atoms with Gasteiger partial charge in [0.1, 0.15) is 5.82 Å². The van der Waals surface area contributed by atoms with E-state index in [1.807, 2.05) is 12.1 Å². The Morgan fingerprint density at radius 2 is 1.88 bits per heavy atom. The molecular formula is C30H34ClFN4O6. The van der Waals surface area contributed by atoms with Gasteiger partial charge >= 0.3 is 5.97 Å². The molecule has 0 unspecified atom stereocenters. The molecule has 2 fully saturated rings. The number of carbonyl (C=O) groups excluding carboxylic acids is 2. The number of carboxylic acids is 1. The van der Waals surface area contributed by atoms with Crippen molar-refractivity contribution in [3.63, 3.8) is 0 Å². The Bertz CT molecular complexity index is 1490. The van der Waals surface area contributed by atoms with Crippen molar-refractivity contribution in [2.75, 3.05) is 25.6 Å². The lowest BCUT2D eigenvalue weighted by Crippen LogP contribution is -2.39. The van der Waals surface area contributed by atoms with Gasteiger partial charge in [-0.15, -0.1) is 0 Å². The number of hydrogen-bond donors (Lipinski definition) is 2. The number of aryl methyl sites for hydroxylation is 1. The summed E-state index contributed by atoms with van der Waals surface area (Å²) < 4.78 is 28.4. The lowest BCUT2D eigenvalue weighted by molar-refractivity contribution is -0.144. The van der Waals surface area contributed by atoms with Crippen LogP contribution in [-0.2, 0) is 32.5 Å². The number of ether oxygens (including phenoxy) is 2. The highest BCUT2D eigenvalue weighted by Crippen LogP contribution is 2.32. The average Bonchev–Trinajstić information content (AvgIpc) is 3.52. The van der Waals surface area contributed by atoms with Crippen molar-refractivity contribution in [2.24, 2.45) is 13.0 Å². The molecule has 0 bridgehead atoms. The van der Waals surface area contributed by atoms with E-state index in [9.17, 15) is 19.5 Å². The highest BCUT2D eigenvalue weighted by Gasteiger charge is 2.38. The van der Waals surface area contributed by atoms with Crippen LogP contribution in [0.4, 0.5) is 10.1 Å². The fourth-order valence-corrected chi connectivity index (χ4v) is 6.23. The molecule has 2 amide bonds. The number of benzene rings is 2. The molecule has 10 nitrogen and oxygen atoms in total. The second kappa shape index (κ2) is 12.8. The van der Waals surface area contributed by atoms with Crippen LogP contribution in [0.2, 0.25) is 5.02 Å². The topological polar surface area (TPSA) is 123 Å². The fourth-order valence-electron chi connectivity index (χ4n) is 5.99. The predicted octanol–water partition coefficient (Wildman–Crippen LogP) is 4.44. The summed E-state index contributed by atoms with van der Waals surface area (Å²) in [6.07, 6.45) is 2.58. The van der Waals surface area contributed by atoms with Crippen LogP contribution in [0.25, 0.3) is 10.9 Å². The van der Waals surface area contributed by atoms with Gasteiger partial charge in [-0.25, -0.2) is 4.39 Å².